The maximum Gasteiger partial charge on any atom is 0.257 e. The number of carbonyl (C=O) groups excluding carboxylic acids is 2. The Balaban J connectivity index is 1.83. The molecule has 0 saturated heterocycles. The zero-order valence-electron chi connectivity index (χ0n) is 15.1. The van der Waals surface area contributed by atoms with Crippen molar-refractivity contribution in [3.05, 3.63) is 59.2 Å². The molecule has 142 valence electrons. The molecule has 2 aromatic carbocycles. The lowest BCUT2D eigenvalue weighted by Crippen LogP contribution is -2.25. The van der Waals surface area contributed by atoms with E-state index in [1.807, 2.05) is 6.92 Å². The Morgan fingerprint density at radius 1 is 1.00 bits per heavy atom. The fraction of sp³-hybridized carbons (Fsp3) is 0.263. The molecule has 0 aromatic heterocycles. The van der Waals surface area contributed by atoms with Crippen molar-refractivity contribution in [3.8, 4) is 0 Å². The number of nitrogens with one attached hydrogen (secondary N) is 3. The van der Waals surface area contributed by atoms with Crippen molar-refractivity contribution in [1.82, 2.24) is 5.32 Å². The van der Waals surface area contributed by atoms with Gasteiger partial charge in [0.2, 0.25) is 10.0 Å². The minimum Gasteiger partial charge on any atom is -0.349 e. The van der Waals surface area contributed by atoms with E-state index in [1.165, 1.54) is 12.1 Å². The van der Waals surface area contributed by atoms with E-state index in [2.05, 4.69) is 15.4 Å². The highest BCUT2D eigenvalue weighted by molar-refractivity contribution is 7.92. The molecule has 1 saturated carbocycles. The maximum absolute atomic E-state index is 12.7. The first-order valence-electron chi connectivity index (χ1n) is 8.52. The summed E-state index contributed by atoms with van der Waals surface area (Å²) in [4.78, 5) is 24.9. The average Bonchev–Trinajstić information content (AvgIpc) is 3.39. The van der Waals surface area contributed by atoms with Gasteiger partial charge in [-0.2, -0.15) is 0 Å². The van der Waals surface area contributed by atoms with Crippen LogP contribution in [-0.2, 0) is 10.0 Å². The molecule has 3 N–H and O–H groups in total. The molecule has 1 aliphatic carbocycles. The van der Waals surface area contributed by atoms with Crippen LogP contribution in [0.15, 0.2) is 42.5 Å². The quantitative estimate of drug-likeness (QED) is 0.708. The molecule has 2 amide bonds. The molecule has 2 aromatic rings. The van der Waals surface area contributed by atoms with Crippen LogP contribution in [0.3, 0.4) is 0 Å². The largest absolute Gasteiger partial charge is 0.349 e. The van der Waals surface area contributed by atoms with Gasteiger partial charge in [0.15, 0.2) is 0 Å². The fourth-order valence-electron chi connectivity index (χ4n) is 2.55. The van der Waals surface area contributed by atoms with Crippen LogP contribution < -0.4 is 15.4 Å². The molecule has 8 heteroatoms. The van der Waals surface area contributed by atoms with Gasteiger partial charge in [-0.15, -0.1) is 0 Å². The predicted octanol–water partition coefficient (Wildman–Crippen LogP) is 2.51. The van der Waals surface area contributed by atoms with Crippen molar-refractivity contribution in [2.24, 2.45) is 0 Å². The van der Waals surface area contributed by atoms with Gasteiger partial charge in [-0.3, -0.25) is 14.3 Å². The lowest BCUT2D eigenvalue weighted by atomic mass is 10.1. The number of hydrogen-bond acceptors (Lipinski definition) is 4. The van der Waals surface area contributed by atoms with Crippen molar-refractivity contribution in [2.75, 3.05) is 16.3 Å². The summed E-state index contributed by atoms with van der Waals surface area (Å²) in [6.45, 7) is 1.82. The standard InChI is InChI=1S/C19H21N3O4S/c1-12-7-8-13(18(23)20-14-9-10-14)11-17(12)21-19(24)15-5-3-4-6-16(15)22-27(2,25)26/h3-8,11,14,22H,9-10H2,1-2H3,(H,20,23)(H,21,24). The number of amides is 2. The smallest absolute Gasteiger partial charge is 0.257 e. The van der Waals surface area contributed by atoms with E-state index in [0.29, 0.717) is 11.3 Å². The van der Waals surface area contributed by atoms with Gasteiger partial charge in [-0.1, -0.05) is 18.2 Å². The summed E-state index contributed by atoms with van der Waals surface area (Å²) in [5.74, 6) is -0.642. The van der Waals surface area contributed by atoms with E-state index in [4.69, 9.17) is 0 Å². The van der Waals surface area contributed by atoms with Gasteiger partial charge in [0.1, 0.15) is 0 Å². The van der Waals surface area contributed by atoms with E-state index in [0.717, 1.165) is 24.7 Å². The molecule has 0 atom stereocenters. The minimum atomic E-state index is -3.52. The second-order valence-corrected chi connectivity index (χ2v) is 8.40. The van der Waals surface area contributed by atoms with Crippen molar-refractivity contribution in [3.63, 3.8) is 0 Å². The van der Waals surface area contributed by atoms with Crippen LogP contribution in [-0.4, -0.2) is 32.5 Å². The molecule has 3 rings (SSSR count). The van der Waals surface area contributed by atoms with Gasteiger partial charge < -0.3 is 10.6 Å². The third kappa shape index (κ3) is 5.07. The number of carbonyl (C=O) groups is 2. The van der Waals surface area contributed by atoms with E-state index in [-0.39, 0.29) is 23.2 Å². The number of sulfonamides is 1. The third-order valence-corrected chi connectivity index (χ3v) is 4.72. The van der Waals surface area contributed by atoms with Crippen LogP contribution in [0.4, 0.5) is 11.4 Å². The molecule has 1 fully saturated rings. The van der Waals surface area contributed by atoms with Crippen molar-refractivity contribution in [2.45, 2.75) is 25.8 Å². The molecule has 0 spiro atoms. The Morgan fingerprint density at radius 3 is 2.37 bits per heavy atom. The molecule has 0 heterocycles. The lowest BCUT2D eigenvalue weighted by Gasteiger charge is -2.13. The van der Waals surface area contributed by atoms with Crippen molar-refractivity contribution < 1.29 is 18.0 Å². The van der Waals surface area contributed by atoms with Gasteiger partial charge in [-0.05, 0) is 49.6 Å². The fourth-order valence-corrected chi connectivity index (χ4v) is 3.13. The third-order valence-electron chi connectivity index (χ3n) is 4.13. The molecular weight excluding hydrogens is 366 g/mol. The monoisotopic (exact) mass is 387 g/mol. The topological polar surface area (TPSA) is 104 Å². The lowest BCUT2D eigenvalue weighted by molar-refractivity contribution is 0.0949. The number of aryl methyl sites for hydroxylation is 1. The zero-order chi connectivity index (χ0) is 19.6. The van der Waals surface area contributed by atoms with Crippen molar-refractivity contribution in [1.29, 1.82) is 0 Å². The van der Waals surface area contributed by atoms with Gasteiger partial charge in [0.25, 0.3) is 11.8 Å². The van der Waals surface area contributed by atoms with Crippen LogP contribution in [0.1, 0.15) is 39.1 Å². The number of para-hydroxylation sites is 1. The SMILES string of the molecule is Cc1ccc(C(=O)NC2CC2)cc1NC(=O)c1ccccc1NS(C)(=O)=O. The Hall–Kier alpha value is -2.87. The normalized spacial score (nSPS) is 13.7. The summed E-state index contributed by atoms with van der Waals surface area (Å²) >= 11 is 0. The van der Waals surface area contributed by atoms with Crippen LogP contribution in [0.2, 0.25) is 0 Å². The number of benzene rings is 2. The molecule has 27 heavy (non-hydrogen) atoms. The van der Waals surface area contributed by atoms with Crippen LogP contribution in [0, 0.1) is 6.92 Å². The first-order chi connectivity index (χ1) is 12.7. The van der Waals surface area contributed by atoms with E-state index in [1.54, 1.807) is 30.3 Å². The van der Waals surface area contributed by atoms with E-state index < -0.39 is 15.9 Å². The second-order valence-electron chi connectivity index (χ2n) is 6.65. The molecule has 1 aliphatic rings. The van der Waals surface area contributed by atoms with E-state index in [9.17, 15) is 18.0 Å². The number of rotatable bonds is 6. The number of anilines is 2. The zero-order valence-corrected chi connectivity index (χ0v) is 15.9. The summed E-state index contributed by atoms with van der Waals surface area (Å²) in [5.41, 5.74) is 2.13. The highest BCUT2D eigenvalue weighted by Gasteiger charge is 2.24. The van der Waals surface area contributed by atoms with E-state index >= 15 is 0 Å². The average molecular weight is 387 g/mol. The molecule has 0 aliphatic heterocycles. The van der Waals surface area contributed by atoms with Gasteiger partial charge in [0.05, 0.1) is 17.5 Å². The maximum atomic E-state index is 12.7. The summed E-state index contributed by atoms with van der Waals surface area (Å²) in [5, 5.41) is 5.67. The molecule has 0 bridgehead atoms. The number of hydrogen-bond donors (Lipinski definition) is 3. The Morgan fingerprint density at radius 2 is 1.70 bits per heavy atom. The second kappa shape index (κ2) is 7.40. The van der Waals surface area contributed by atoms with Gasteiger partial charge in [0, 0.05) is 17.3 Å². The summed E-state index contributed by atoms with van der Waals surface area (Å²) < 4.78 is 25.4. The minimum absolute atomic E-state index is 0.174. The van der Waals surface area contributed by atoms with Gasteiger partial charge in [-0.25, -0.2) is 8.42 Å². The first kappa shape index (κ1) is 18.9. The summed E-state index contributed by atoms with van der Waals surface area (Å²) in [7, 11) is -3.52. The highest BCUT2D eigenvalue weighted by Crippen LogP contribution is 2.23. The Bertz CT molecular complexity index is 998. The Kier molecular flexibility index (Phi) is 5.18. The summed E-state index contributed by atoms with van der Waals surface area (Å²) in [6, 6.07) is 11.7. The summed E-state index contributed by atoms with van der Waals surface area (Å²) in [6.07, 6.45) is 3.00. The van der Waals surface area contributed by atoms with Crippen LogP contribution >= 0.6 is 0 Å². The molecule has 0 radical (unpaired) electrons. The molecule has 0 unspecified atom stereocenters. The highest BCUT2D eigenvalue weighted by atomic mass is 32.2. The van der Waals surface area contributed by atoms with Crippen LogP contribution in [0.25, 0.3) is 0 Å². The van der Waals surface area contributed by atoms with Crippen molar-refractivity contribution >= 4 is 33.2 Å². The molecule has 7 nitrogen and oxygen atoms in total. The predicted molar refractivity (Wildman–Crippen MR) is 105 cm³/mol. The Labute approximate surface area is 158 Å². The van der Waals surface area contributed by atoms with Crippen LogP contribution in [0.5, 0.6) is 0 Å². The first-order valence-corrected chi connectivity index (χ1v) is 10.4. The van der Waals surface area contributed by atoms with Gasteiger partial charge >= 0.3 is 0 Å². The molecular formula is C19H21N3O4S.